The number of fused-ring (bicyclic) bond motifs is 1. The molecule has 27 heavy (non-hydrogen) atoms. The number of ketones is 1. The lowest BCUT2D eigenvalue weighted by atomic mass is 9.89. The molecule has 0 fully saturated rings. The molecule has 0 aliphatic carbocycles. The van der Waals surface area contributed by atoms with E-state index >= 15 is 0 Å². The second-order valence-electron chi connectivity index (χ2n) is 6.61. The van der Waals surface area contributed by atoms with E-state index < -0.39 is 6.10 Å². The quantitative estimate of drug-likeness (QED) is 0.589. The van der Waals surface area contributed by atoms with Gasteiger partial charge in [-0.05, 0) is 54.0 Å². The maximum absolute atomic E-state index is 13.3. The average Bonchev–Trinajstić information content (AvgIpc) is 2.70. The van der Waals surface area contributed by atoms with Gasteiger partial charge >= 0.3 is 0 Å². The third-order valence-electron chi connectivity index (χ3n) is 4.71. The van der Waals surface area contributed by atoms with Gasteiger partial charge < -0.3 is 9.47 Å². The van der Waals surface area contributed by atoms with Gasteiger partial charge in [-0.3, -0.25) is 4.79 Å². The first-order valence-corrected chi connectivity index (χ1v) is 8.88. The molecule has 0 N–H and O–H groups in total. The fraction of sp³-hybridized carbons (Fsp3) is 0.125. The molecule has 0 aromatic heterocycles. The van der Waals surface area contributed by atoms with Crippen LogP contribution in [0, 0.1) is 6.92 Å². The third kappa shape index (κ3) is 3.36. The van der Waals surface area contributed by atoms with Crippen molar-refractivity contribution in [3.63, 3.8) is 0 Å². The summed E-state index contributed by atoms with van der Waals surface area (Å²) in [6, 6.07) is 23.2. The topological polar surface area (TPSA) is 35.5 Å². The lowest BCUT2D eigenvalue weighted by molar-refractivity contribution is 0.0963. The molecular formula is C24H20O3. The van der Waals surface area contributed by atoms with E-state index in [9.17, 15) is 4.79 Å². The Morgan fingerprint density at radius 2 is 1.70 bits per heavy atom. The Kier molecular flexibility index (Phi) is 4.51. The van der Waals surface area contributed by atoms with Crippen molar-refractivity contribution in [1.82, 2.24) is 0 Å². The van der Waals surface area contributed by atoms with E-state index in [0.717, 1.165) is 22.4 Å². The lowest BCUT2D eigenvalue weighted by Gasteiger charge is -2.28. The van der Waals surface area contributed by atoms with E-state index in [1.165, 1.54) is 0 Å². The highest BCUT2D eigenvalue weighted by Gasteiger charge is 2.33. The average molecular weight is 356 g/mol. The zero-order valence-electron chi connectivity index (χ0n) is 15.3. The molecule has 1 unspecified atom stereocenters. The van der Waals surface area contributed by atoms with E-state index in [-0.39, 0.29) is 5.78 Å². The molecule has 0 saturated carbocycles. The monoisotopic (exact) mass is 356 g/mol. The largest absolute Gasteiger partial charge is 0.497 e. The van der Waals surface area contributed by atoms with Crippen molar-refractivity contribution in [2.45, 2.75) is 13.0 Å². The van der Waals surface area contributed by atoms with E-state index in [4.69, 9.17) is 9.47 Å². The second kappa shape index (κ2) is 7.12. The van der Waals surface area contributed by atoms with E-state index in [1.54, 1.807) is 7.11 Å². The number of ether oxygens (including phenoxy) is 2. The van der Waals surface area contributed by atoms with Gasteiger partial charge in [0, 0.05) is 5.57 Å². The summed E-state index contributed by atoms with van der Waals surface area (Å²) in [5.41, 5.74) is 4.18. The van der Waals surface area contributed by atoms with E-state index in [2.05, 4.69) is 0 Å². The minimum atomic E-state index is -0.460. The third-order valence-corrected chi connectivity index (χ3v) is 4.71. The molecule has 1 atom stereocenters. The molecule has 1 aliphatic heterocycles. The predicted octanol–water partition coefficient (Wildman–Crippen LogP) is 5.40. The zero-order valence-corrected chi connectivity index (χ0v) is 15.3. The molecule has 1 heterocycles. The molecule has 0 amide bonds. The maximum atomic E-state index is 13.3. The molecule has 0 saturated heterocycles. The minimum Gasteiger partial charge on any atom is -0.497 e. The van der Waals surface area contributed by atoms with Crippen molar-refractivity contribution in [3.8, 4) is 11.5 Å². The Balaban J connectivity index is 1.84. The summed E-state index contributed by atoms with van der Waals surface area (Å²) in [5.74, 6) is 1.40. The summed E-state index contributed by atoms with van der Waals surface area (Å²) in [4.78, 5) is 13.3. The molecule has 0 bridgehead atoms. The van der Waals surface area contributed by atoms with E-state index in [0.29, 0.717) is 16.9 Å². The lowest BCUT2D eigenvalue weighted by Crippen LogP contribution is -2.24. The van der Waals surface area contributed by atoms with Crippen LogP contribution < -0.4 is 9.47 Å². The standard InChI is InChI=1S/C24H20O3/c1-16-8-13-20-22(14-16)27-24(18-9-11-19(26-2)12-10-18)21(23(20)25)15-17-6-4-3-5-7-17/h3-15,24H,1-2H3/b21-15-. The first-order valence-electron chi connectivity index (χ1n) is 8.88. The number of rotatable bonds is 3. The molecule has 3 aromatic carbocycles. The van der Waals surface area contributed by atoms with Crippen LogP contribution in [0.3, 0.4) is 0 Å². The number of Topliss-reactive ketones (excluding diaryl/α,β-unsaturated/α-hetero) is 1. The fourth-order valence-electron chi connectivity index (χ4n) is 3.28. The van der Waals surface area contributed by atoms with Gasteiger partial charge in [-0.25, -0.2) is 0 Å². The smallest absolute Gasteiger partial charge is 0.196 e. The summed E-state index contributed by atoms with van der Waals surface area (Å²) in [5, 5.41) is 0. The van der Waals surface area contributed by atoms with Crippen LogP contribution in [-0.4, -0.2) is 12.9 Å². The number of aryl methyl sites for hydroxylation is 1. The Labute approximate surface area is 158 Å². The first-order chi connectivity index (χ1) is 13.2. The van der Waals surface area contributed by atoms with Crippen LogP contribution in [0.5, 0.6) is 11.5 Å². The molecule has 134 valence electrons. The van der Waals surface area contributed by atoms with Gasteiger partial charge in [0.05, 0.1) is 12.7 Å². The second-order valence-corrected chi connectivity index (χ2v) is 6.61. The molecule has 4 rings (SSSR count). The van der Waals surface area contributed by atoms with Crippen LogP contribution >= 0.6 is 0 Å². The van der Waals surface area contributed by atoms with Crippen molar-refractivity contribution in [2.24, 2.45) is 0 Å². The summed E-state index contributed by atoms with van der Waals surface area (Å²) in [6.45, 7) is 1.99. The van der Waals surface area contributed by atoms with Crippen molar-refractivity contribution < 1.29 is 14.3 Å². The van der Waals surface area contributed by atoms with Gasteiger partial charge in [0.15, 0.2) is 11.9 Å². The van der Waals surface area contributed by atoms with Crippen LogP contribution in [0.2, 0.25) is 0 Å². The molecule has 3 nitrogen and oxygen atoms in total. The molecule has 3 heteroatoms. The summed E-state index contributed by atoms with van der Waals surface area (Å²) in [7, 11) is 1.63. The van der Waals surface area contributed by atoms with Crippen LogP contribution in [0.4, 0.5) is 0 Å². The van der Waals surface area contributed by atoms with Crippen LogP contribution in [0.25, 0.3) is 6.08 Å². The van der Waals surface area contributed by atoms with Crippen LogP contribution in [0.1, 0.15) is 33.2 Å². The highest BCUT2D eigenvalue weighted by molar-refractivity contribution is 6.14. The minimum absolute atomic E-state index is 0.000853. The van der Waals surface area contributed by atoms with Crippen LogP contribution in [0.15, 0.2) is 78.4 Å². The van der Waals surface area contributed by atoms with E-state index in [1.807, 2.05) is 85.8 Å². The Morgan fingerprint density at radius 1 is 0.963 bits per heavy atom. The molecule has 3 aromatic rings. The maximum Gasteiger partial charge on any atom is 0.196 e. The van der Waals surface area contributed by atoms with Gasteiger partial charge in [-0.2, -0.15) is 0 Å². The van der Waals surface area contributed by atoms with Crippen LogP contribution in [-0.2, 0) is 0 Å². The molecule has 0 radical (unpaired) electrons. The number of benzene rings is 3. The Hall–Kier alpha value is -3.33. The normalized spacial score (nSPS) is 17.3. The Morgan fingerprint density at radius 3 is 2.41 bits per heavy atom. The van der Waals surface area contributed by atoms with Gasteiger partial charge in [0.2, 0.25) is 0 Å². The van der Waals surface area contributed by atoms with Crippen molar-refractivity contribution in [2.75, 3.05) is 7.11 Å². The van der Waals surface area contributed by atoms with Gasteiger partial charge in [0.25, 0.3) is 0 Å². The highest BCUT2D eigenvalue weighted by atomic mass is 16.5. The van der Waals surface area contributed by atoms with Crippen molar-refractivity contribution in [1.29, 1.82) is 0 Å². The summed E-state index contributed by atoms with van der Waals surface area (Å²) >= 11 is 0. The Bertz CT molecular complexity index is 1000. The summed E-state index contributed by atoms with van der Waals surface area (Å²) in [6.07, 6.45) is 1.46. The molecule has 1 aliphatic rings. The van der Waals surface area contributed by atoms with Gasteiger partial charge in [-0.15, -0.1) is 0 Å². The van der Waals surface area contributed by atoms with Crippen molar-refractivity contribution in [3.05, 3.63) is 101 Å². The number of hydrogen-bond acceptors (Lipinski definition) is 3. The molecular weight excluding hydrogens is 336 g/mol. The summed E-state index contributed by atoms with van der Waals surface area (Å²) < 4.78 is 11.5. The first kappa shape index (κ1) is 17.1. The van der Waals surface area contributed by atoms with Gasteiger partial charge in [0.1, 0.15) is 11.5 Å². The highest BCUT2D eigenvalue weighted by Crippen LogP contribution is 2.40. The predicted molar refractivity (Wildman–Crippen MR) is 106 cm³/mol. The zero-order chi connectivity index (χ0) is 18.8. The number of carbonyl (C=O) groups is 1. The van der Waals surface area contributed by atoms with Crippen molar-refractivity contribution >= 4 is 11.9 Å². The number of carbonyl (C=O) groups excluding carboxylic acids is 1. The fourth-order valence-corrected chi connectivity index (χ4v) is 3.28. The number of methoxy groups -OCH3 is 1. The van der Waals surface area contributed by atoms with Gasteiger partial charge in [-0.1, -0.05) is 48.5 Å². The molecule has 0 spiro atoms. The number of hydrogen-bond donors (Lipinski definition) is 0. The SMILES string of the molecule is COc1ccc(C2Oc3cc(C)ccc3C(=O)/C2=C/c2ccccc2)cc1.